The summed E-state index contributed by atoms with van der Waals surface area (Å²) in [6, 6.07) is 60.6. The summed E-state index contributed by atoms with van der Waals surface area (Å²) in [4.78, 5) is 6.79. The van der Waals surface area contributed by atoms with Crippen LogP contribution in [0, 0.1) is 48.5 Å². The van der Waals surface area contributed by atoms with Gasteiger partial charge < -0.3 is 37.9 Å². The molecule has 80 heavy (non-hydrogen) atoms. The largest absolute Gasteiger partial charge is 0.493 e. The van der Waals surface area contributed by atoms with E-state index in [9.17, 15) is 0 Å². The minimum absolute atomic E-state index is 0.133. The maximum atomic E-state index is 5.55. The van der Waals surface area contributed by atoms with Gasteiger partial charge in [0.15, 0.2) is 34.5 Å². The zero-order valence-corrected chi connectivity index (χ0v) is 49.8. The van der Waals surface area contributed by atoms with E-state index in [4.69, 9.17) is 37.9 Å². The quantitative estimate of drug-likeness (QED) is 0.146. The fourth-order valence-electron chi connectivity index (χ4n) is 8.93. The van der Waals surface area contributed by atoms with E-state index < -0.39 is 5.79 Å². The summed E-state index contributed by atoms with van der Waals surface area (Å²) >= 11 is 5.51. The lowest BCUT2D eigenvalue weighted by Gasteiger charge is -2.18. The normalized spacial score (nSPS) is 15.0. The molecule has 0 radical (unpaired) electrons. The van der Waals surface area contributed by atoms with Crippen LogP contribution in [-0.2, 0) is 6.42 Å². The Bertz CT molecular complexity index is 3520. The van der Waals surface area contributed by atoms with E-state index in [0.717, 1.165) is 65.0 Å². The molecule has 1 unspecified atom stereocenters. The molecular formula is C69H70O8S3. The Morgan fingerprint density at radius 1 is 0.362 bits per heavy atom. The average molecular weight is 1120 g/mol. The molecule has 0 aliphatic carbocycles. The smallest absolute Gasteiger partial charge is 0.246 e. The Kier molecular flexibility index (Phi) is 19.2. The van der Waals surface area contributed by atoms with Gasteiger partial charge in [-0.2, -0.15) is 0 Å². The Morgan fingerprint density at radius 3 is 1.56 bits per heavy atom. The van der Waals surface area contributed by atoms with Gasteiger partial charge in [-0.25, -0.2) is 0 Å². The van der Waals surface area contributed by atoms with Gasteiger partial charge in [-0.1, -0.05) is 143 Å². The van der Waals surface area contributed by atoms with Gasteiger partial charge in [0.2, 0.25) is 12.1 Å². The summed E-state index contributed by atoms with van der Waals surface area (Å²) in [5, 5.41) is 2.64. The fourth-order valence-corrected chi connectivity index (χ4v) is 12.1. The van der Waals surface area contributed by atoms with Crippen molar-refractivity contribution in [3.63, 3.8) is 0 Å². The number of aryl methyl sites for hydroxylation is 7. The summed E-state index contributed by atoms with van der Waals surface area (Å²) in [7, 11) is 0. The first-order chi connectivity index (χ1) is 38.6. The van der Waals surface area contributed by atoms with Gasteiger partial charge >= 0.3 is 0 Å². The Morgan fingerprint density at radius 2 is 0.838 bits per heavy atom. The summed E-state index contributed by atoms with van der Waals surface area (Å²) < 4.78 is 43.2. The van der Waals surface area contributed by atoms with Crippen LogP contribution in [0.2, 0.25) is 0 Å². The lowest BCUT2D eigenvalue weighted by Crippen LogP contribution is -2.29. The molecule has 0 saturated carbocycles. The molecule has 0 spiro atoms. The number of fused-ring (bicyclic) bond motifs is 8. The van der Waals surface area contributed by atoms with E-state index >= 15 is 0 Å². The van der Waals surface area contributed by atoms with Gasteiger partial charge in [0.1, 0.15) is 30.7 Å². The van der Waals surface area contributed by atoms with Crippen molar-refractivity contribution in [2.24, 2.45) is 0 Å². The Balaban J connectivity index is 0.000000113. The minimum Gasteiger partial charge on any atom is -0.493 e. The van der Waals surface area contributed by atoms with Gasteiger partial charge in [0.25, 0.3) is 0 Å². The van der Waals surface area contributed by atoms with Crippen LogP contribution >= 0.6 is 35.3 Å². The highest BCUT2D eigenvalue weighted by molar-refractivity contribution is 8.05. The second kappa shape index (κ2) is 26.8. The molecule has 0 fully saturated rings. The number of hydrogen-bond acceptors (Lipinski definition) is 11. The first-order valence-corrected chi connectivity index (χ1v) is 29.6. The third-order valence-electron chi connectivity index (χ3n) is 12.9. The van der Waals surface area contributed by atoms with Crippen LogP contribution in [0.3, 0.4) is 0 Å². The van der Waals surface area contributed by atoms with Crippen molar-refractivity contribution < 1.29 is 37.9 Å². The zero-order valence-electron chi connectivity index (χ0n) is 47.3. The second-order valence-corrected chi connectivity index (χ2v) is 23.6. The highest BCUT2D eigenvalue weighted by Crippen LogP contribution is 2.48. The first-order valence-electron chi connectivity index (χ1n) is 27.0. The maximum absolute atomic E-state index is 5.55. The van der Waals surface area contributed by atoms with E-state index in [0.29, 0.717) is 13.2 Å². The molecule has 8 nitrogen and oxygen atoms in total. The van der Waals surface area contributed by atoms with Crippen LogP contribution in [0.5, 0.6) is 46.0 Å². The summed E-state index contributed by atoms with van der Waals surface area (Å²) in [6.07, 6.45) is 0.948. The van der Waals surface area contributed by atoms with E-state index in [1.807, 2.05) is 126 Å². The molecule has 11 heteroatoms. The number of hydrogen-bond donors (Lipinski definition) is 0. The van der Waals surface area contributed by atoms with Crippen LogP contribution in [0.1, 0.15) is 65.3 Å². The number of ether oxygens (including phenoxy) is 8. The molecule has 0 saturated heterocycles. The van der Waals surface area contributed by atoms with Crippen molar-refractivity contribution in [1.82, 2.24) is 0 Å². The van der Waals surface area contributed by atoms with Gasteiger partial charge in [-0.05, 0) is 171 Å². The van der Waals surface area contributed by atoms with Crippen molar-refractivity contribution in [3.05, 3.63) is 220 Å². The SMILES string of the molecule is Cc1ccc2c(c1)CCO2.Cc1ccc2c(c1)OC(C)(C)O2.Cc1ccc2c(c1)OC(C)O2.Cc1ccc2c(c1)OCCO2.Cc1ccc2c(c1)SCO2.Cc1ccc2c(c1)Sc1ccccc1S2.Cc1ccc2ccccc2c1. The molecule has 0 aromatic heterocycles. The predicted octanol–water partition coefficient (Wildman–Crippen LogP) is 18.5. The lowest BCUT2D eigenvalue weighted by atomic mass is 10.1. The van der Waals surface area contributed by atoms with Crippen LogP contribution < -0.4 is 37.9 Å². The number of rotatable bonds is 0. The molecule has 0 amide bonds. The van der Waals surface area contributed by atoms with Gasteiger partial charge in [0.05, 0.1) is 11.5 Å². The summed E-state index contributed by atoms with van der Waals surface area (Å²) in [6.45, 7) is 22.5. The van der Waals surface area contributed by atoms with Gasteiger partial charge in [-0.3, -0.25) is 0 Å². The van der Waals surface area contributed by atoms with E-state index in [1.165, 1.54) is 79.8 Å². The van der Waals surface area contributed by atoms with E-state index in [2.05, 4.69) is 143 Å². The van der Waals surface area contributed by atoms with Crippen LogP contribution in [-0.4, -0.2) is 37.8 Å². The van der Waals surface area contributed by atoms with E-state index in [1.54, 1.807) is 11.8 Å². The fraction of sp³-hybridized carbons (Fsp3) is 0.246. The molecule has 0 bridgehead atoms. The molecule has 6 aliphatic rings. The maximum Gasteiger partial charge on any atom is 0.246 e. The van der Waals surface area contributed by atoms with E-state index in [-0.39, 0.29) is 6.29 Å². The summed E-state index contributed by atoms with van der Waals surface area (Å²) in [5.74, 6) is 7.51. The molecular weight excluding hydrogens is 1050 g/mol. The lowest BCUT2D eigenvalue weighted by molar-refractivity contribution is -0.0431. The van der Waals surface area contributed by atoms with Crippen molar-refractivity contribution in [3.8, 4) is 46.0 Å². The molecule has 6 heterocycles. The van der Waals surface area contributed by atoms with Gasteiger partial charge in [0, 0.05) is 46.8 Å². The zero-order chi connectivity index (χ0) is 56.2. The monoisotopic (exact) mass is 1120 g/mol. The van der Waals surface area contributed by atoms with Gasteiger partial charge in [-0.15, -0.1) is 0 Å². The minimum atomic E-state index is -0.504. The highest BCUT2D eigenvalue weighted by atomic mass is 32.2. The molecule has 1 atom stereocenters. The van der Waals surface area contributed by atoms with Crippen LogP contribution in [0.15, 0.2) is 200 Å². The average Bonchev–Trinajstić information content (AvgIpc) is 4.27. The van der Waals surface area contributed by atoms with Crippen molar-refractivity contribution in [1.29, 1.82) is 0 Å². The highest BCUT2D eigenvalue weighted by Gasteiger charge is 2.31. The first kappa shape index (κ1) is 57.4. The number of benzene rings is 9. The Labute approximate surface area is 485 Å². The molecule has 6 aliphatic heterocycles. The topological polar surface area (TPSA) is 73.8 Å². The van der Waals surface area contributed by atoms with Crippen LogP contribution in [0.25, 0.3) is 10.8 Å². The molecule has 412 valence electrons. The third kappa shape index (κ3) is 16.0. The molecule has 9 aromatic carbocycles. The molecule has 15 rings (SSSR count). The predicted molar refractivity (Wildman–Crippen MR) is 328 cm³/mol. The molecule has 0 N–H and O–H groups in total. The van der Waals surface area contributed by atoms with Crippen LogP contribution in [0.4, 0.5) is 0 Å². The van der Waals surface area contributed by atoms with Crippen molar-refractivity contribution >= 4 is 46.1 Å². The second-order valence-electron chi connectivity index (χ2n) is 20.5. The molecule has 9 aromatic rings. The number of thioether (sulfide) groups is 1. The van der Waals surface area contributed by atoms with Crippen molar-refractivity contribution in [2.45, 2.75) is 112 Å². The third-order valence-corrected chi connectivity index (χ3v) is 16.3. The van der Waals surface area contributed by atoms with Crippen molar-refractivity contribution in [2.75, 3.05) is 25.8 Å². The standard InChI is InChI=1S/C13H10S2.C11H10.C10H12O2.2C9H10O2.C9H10O.C8H8OS/c1-9-6-7-12-13(8-9)15-11-5-3-2-4-10(11)14-12;1-9-6-7-10-4-2-3-5-11(10)8-9;1-7-4-5-8-9(6-7)12-10(2,3)11-8;1-6-3-4-8-9(5-6)11-7(2)10-8;1-7-2-3-8-9(6-7)11-5-4-10-8;1-7-2-3-9-8(6-7)4-5-10-9;1-6-2-3-7-8(4-6)10-5-9-7/h2-8H,1H3;2-8H,1H3;4-6H,1-3H3;3-5,7H,1-2H3;2-3,6H,4-5H2,1H3;2-3,6H,4-5H2,1H3;2-4H,5H2,1H3. The Hall–Kier alpha value is -7.31. The summed E-state index contributed by atoms with van der Waals surface area (Å²) in [5.41, 5.74) is 10.2.